The molecular formula is C39H49N7O2S. The molecule has 2 aliphatic rings. The van der Waals surface area contributed by atoms with Crippen LogP contribution in [0, 0.1) is 11.8 Å². The maximum absolute atomic E-state index is 7.83. The lowest BCUT2D eigenvalue weighted by Gasteiger charge is -2.37. The van der Waals surface area contributed by atoms with Crippen LogP contribution in [0.15, 0.2) is 91.0 Å². The van der Waals surface area contributed by atoms with Crippen LogP contribution in [0.5, 0.6) is 5.75 Å². The molecule has 2 fully saturated rings. The summed E-state index contributed by atoms with van der Waals surface area (Å²) in [5.41, 5.74) is 6.78. The Morgan fingerprint density at radius 1 is 0.714 bits per heavy atom. The summed E-state index contributed by atoms with van der Waals surface area (Å²) in [6, 6.07) is 31.7. The summed E-state index contributed by atoms with van der Waals surface area (Å²) in [6.07, 6.45) is 4.78. The number of para-hydroxylation sites is 2. The van der Waals surface area contributed by atoms with Crippen LogP contribution < -0.4 is 30.3 Å². The first-order valence-electron chi connectivity index (χ1n) is 16.9. The van der Waals surface area contributed by atoms with Crippen molar-refractivity contribution in [2.75, 3.05) is 73.4 Å². The van der Waals surface area contributed by atoms with Crippen LogP contribution in [0.25, 0.3) is 21.7 Å². The van der Waals surface area contributed by atoms with Crippen molar-refractivity contribution in [3.05, 3.63) is 91.0 Å². The maximum Gasteiger partial charge on any atom is 0.225 e. The topological polar surface area (TPSA) is 85.9 Å². The second-order valence-corrected chi connectivity index (χ2v) is 12.9. The molecule has 2 heterocycles. The van der Waals surface area contributed by atoms with Crippen LogP contribution in [-0.2, 0) is 12.5 Å². The smallest absolute Gasteiger partial charge is 0.225 e. The van der Waals surface area contributed by atoms with E-state index >= 15 is 0 Å². The van der Waals surface area contributed by atoms with E-state index in [0.29, 0.717) is 11.8 Å². The highest BCUT2D eigenvalue weighted by molar-refractivity contribution is 7.44. The van der Waals surface area contributed by atoms with Gasteiger partial charge in [0.15, 0.2) is 18.3 Å². The average molecular weight is 680 g/mol. The van der Waals surface area contributed by atoms with Gasteiger partial charge in [-0.25, -0.2) is 4.98 Å². The van der Waals surface area contributed by atoms with Crippen LogP contribution in [-0.4, -0.2) is 67.5 Å². The van der Waals surface area contributed by atoms with Gasteiger partial charge in [-0.15, -0.1) is 0 Å². The lowest BCUT2D eigenvalue weighted by Crippen LogP contribution is -2.47. The maximum atomic E-state index is 7.83. The fraction of sp³-hybridized carbons (Fsp3) is 0.385. The molecule has 1 saturated carbocycles. The van der Waals surface area contributed by atoms with Gasteiger partial charge in [0.2, 0.25) is 5.95 Å². The Hall–Kier alpha value is -4.54. The molecule has 0 unspecified atom stereocenters. The summed E-state index contributed by atoms with van der Waals surface area (Å²) in [6.45, 7) is 5.60. The van der Waals surface area contributed by atoms with E-state index in [1.807, 2.05) is 6.07 Å². The number of rotatable bonds is 10. The molecule has 49 heavy (non-hydrogen) atoms. The normalized spacial score (nSPS) is 17.5. The minimum Gasteiger partial charge on any atom is -0.408 e. The van der Waals surface area contributed by atoms with Crippen LogP contribution in [0.4, 0.5) is 23.1 Å². The predicted molar refractivity (Wildman–Crippen MR) is 206 cm³/mol. The van der Waals surface area contributed by atoms with Gasteiger partial charge in [-0.2, -0.15) is 14.7 Å². The Balaban J connectivity index is 0.00000153. The number of fused-ring (bicyclic) bond motifs is 2. The molecule has 7 rings (SSSR count). The Bertz CT molecular complexity index is 1770. The Morgan fingerprint density at radius 3 is 2.06 bits per heavy atom. The molecule has 5 aromatic rings. The first-order valence-corrected chi connectivity index (χ1v) is 17.3. The van der Waals surface area contributed by atoms with E-state index in [1.165, 1.54) is 42.4 Å². The number of benzene rings is 4. The summed E-state index contributed by atoms with van der Waals surface area (Å²) >= 11 is 2.83. The highest BCUT2D eigenvalue weighted by Crippen LogP contribution is 2.33. The molecule has 4 aromatic carbocycles. The van der Waals surface area contributed by atoms with Gasteiger partial charge in [-0.05, 0) is 73.9 Å². The molecule has 0 amide bonds. The van der Waals surface area contributed by atoms with E-state index < -0.39 is 0 Å². The quantitative estimate of drug-likeness (QED) is 0.147. The summed E-state index contributed by atoms with van der Waals surface area (Å²) in [5.74, 6) is 3.89. The molecule has 10 heteroatoms. The van der Waals surface area contributed by atoms with E-state index in [9.17, 15) is 0 Å². The highest BCUT2D eigenvalue weighted by Gasteiger charge is 2.24. The van der Waals surface area contributed by atoms with Crippen molar-refractivity contribution >= 4 is 57.3 Å². The first kappa shape index (κ1) is 35.8. The number of nitrogens with zero attached hydrogens (tertiary/aromatic N) is 5. The van der Waals surface area contributed by atoms with Gasteiger partial charge in [-0.3, -0.25) is 0 Å². The third-order valence-electron chi connectivity index (χ3n) is 9.69. The second-order valence-electron chi connectivity index (χ2n) is 12.9. The zero-order valence-electron chi connectivity index (χ0n) is 27.8. The third kappa shape index (κ3) is 8.55. The Morgan fingerprint density at radius 2 is 1.33 bits per heavy atom. The van der Waals surface area contributed by atoms with Crippen molar-refractivity contribution in [3.8, 4) is 5.75 Å². The molecule has 1 aromatic heterocycles. The summed E-state index contributed by atoms with van der Waals surface area (Å²) in [7, 11) is 4.15. The molecule has 9 nitrogen and oxygen atoms in total. The summed E-state index contributed by atoms with van der Waals surface area (Å²) in [5, 5.41) is 7.08. The van der Waals surface area contributed by atoms with Gasteiger partial charge in [0.25, 0.3) is 0 Å². The number of hydroxylamine groups is 1. The zero-order valence-corrected chi connectivity index (χ0v) is 28.7. The van der Waals surface area contributed by atoms with Crippen molar-refractivity contribution in [1.82, 2.24) is 15.4 Å². The number of nitrogens with one attached hydrogen (secondary N) is 2. The molecule has 1 aliphatic carbocycles. The number of piperazine rings is 1. The second kappa shape index (κ2) is 17.2. The van der Waals surface area contributed by atoms with Gasteiger partial charge in [-0.1, -0.05) is 62.0 Å². The Kier molecular flexibility index (Phi) is 12.6. The molecule has 0 radical (unpaired) electrons. The van der Waals surface area contributed by atoms with Gasteiger partial charge in [0.1, 0.15) is 5.82 Å². The highest BCUT2D eigenvalue weighted by atomic mass is 32.1. The van der Waals surface area contributed by atoms with E-state index in [0.717, 1.165) is 73.1 Å². The fourth-order valence-corrected chi connectivity index (χ4v) is 7.05. The number of hydrogen-bond donors (Lipinski definition) is 2. The molecule has 0 bridgehead atoms. The standard InChI is InChI=1S/C38H45N7O.CH4.OS/c1-43(2)35-16-8-14-32-31(35)13-9-17-36(32)46-40-27-29-20-18-28(19-21-29)26-39-38-41-34-15-7-6-12-33(34)37(42-38)45-24-22-44(23-25-45)30-10-4-3-5-11-30;;1-2/h3-17,28-29,40H,18-27H2,1-2H3,(H,39,41,42);1H4;. The number of hydrogen-bond acceptors (Lipinski definition) is 10. The minimum atomic E-state index is 0. The van der Waals surface area contributed by atoms with Crippen molar-refractivity contribution in [2.45, 2.75) is 33.1 Å². The summed E-state index contributed by atoms with van der Waals surface area (Å²) in [4.78, 5) is 23.1. The lowest BCUT2D eigenvalue weighted by molar-refractivity contribution is 0.157. The van der Waals surface area contributed by atoms with Crippen LogP contribution in [0.3, 0.4) is 0 Å². The molecule has 2 N–H and O–H groups in total. The van der Waals surface area contributed by atoms with Gasteiger partial charge in [0.05, 0.1) is 5.52 Å². The fourth-order valence-electron chi connectivity index (χ4n) is 7.05. The molecule has 0 atom stereocenters. The SMILES string of the molecule is C.CN(C)c1cccc2c(ONCC3CCC(CNc4nc(N5CCN(c6ccccc6)CC5)c5ccccc5n4)CC3)cccc12.O=S. The van der Waals surface area contributed by atoms with Crippen LogP contribution in [0.2, 0.25) is 0 Å². The van der Waals surface area contributed by atoms with Crippen molar-refractivity contribution in [3.63, 3.8) is 0 Å². The number of aromatic nitrogens is 2. The van der Waals surface area contributed by atoms with Crippen LogP contribution in [0.1, 0.15) is 33.1 Å². The zero-order chi connectivity index (χ0) is 33.3. The molecule has 258 valence electrons. The lowest BCUT2D eigenvalue weighted by atomic mass is 9.82. The summed E-state index contributed by atoms with van der Waals surface area (Å²) < 4.78 is 7.83. The molecule has 0 spiro atoms. The molecule has 1 saturated heterocycles. The number of anilines is 4. The van der Waals surface area contributed by atoms with Crippen molar-refractivity contribution in [1.29, 1.82) is 0 Å². The van der Waals surface area contributed by atoms with E-state index in [4.69, 9.17) is 19.0 Å². The van der Waals surface area contributed by atoms with Crippen molar-refractivity contribution < 1.29 is 9.05 Å². The van der Waals surface area contributed by atoms with E-state index in [1.54, 1.807) is 0 Å². The van der Waals surface area contributed by atoms with Gasteiger partial charge >= 0.3 is 0 Å². The van der Waals surface area contributed by atoms with Gasteiger partial charge in [0, 0.05) is 80.9 Å². The largest absolute Gasteiger partial charge is 0.408 e. The predicted octanol–water partition coefficient (Wildman–Crippen LogP) is 7.28. The minimum absolute atomic E-state index is 0. The van der Waals surface area contributed by atoms with E-state index in [2.05, 4.69) is 137 Å². The molecular weight excluding hydrogens is 631 g/mol. The van der Waals surface area contributed by atoms with Gasteiger partial charge < -0.3 is 24.9 Å². The molecule has 1 aliphatic heterocycles. The third-order valence-corrected chi connectivity index (χ3v) is 9.69. The monoisotopic (exact) mass is 679 g/mol. The van der Waals surface area contributed by atoms with Crippen LogP contribution >= 0.6 is 0 Å². The van der Waals surface area contributed by atoms with E-state index in [-0.39, 0.29) is 7.43 Å². The average Bonchev–Trinajstić information content (AvgIpc) is 3.15. The Labute approximate surface area is 296 Å². The van der Waals surface area contributed by atoms with Crippen molar-refractivity contribution in [2.24, 2.45) is 11.8 Å². The first-order chi connectivity index (χ1) is 23.6.